The smallest absolute Gasteiger partial charge is 0.240 e. The lowest BCUT2D eigenvalue weighted by Gasteiger charge is -2.22. The summed E-state index contributed by atoms with van der Waals surface area (Å²) in [7, 11) is 0. The fourth-order valence-corrected chi connectivity index (χ4v) is 1.70. The maximum Gasteiger partial charge on any atom is 0.240 e. The Morgan fingerprint density at radius 1 is 1.72 bits per heavy atom. The molecule has 0 aliphatic heterocycles. The van der Waals surface area contributed by atoms with Gasteiger partial charge in [0.15, 0.2) is 0 Å². The van der Waals surface area contributed by atoms with Crippen LogP contribution in [0, 0.1) is 17.2 Å². The van der Waals surface area contributed by atoms with Crippen molar-refractivity contribution in [1.29, 1.82) is 5.26 Å². The lowest BCUT2D eigenvalue weighted by molar-refractivity contribution is -0.119. The zero-order valence-electron chi connectivity index (χ0n) is 10.3. The van der Waals surface area contributed by atoms with E-state index in [1.54, 1.807) is 0 Å². The molecule has 5 nitrogen and oxygen atoms in total. The highest BCUT2D eigenvalue weighted by molar-refractivity contribution is 6.33. The number of pyridine rings is 1. The minimum absolute atomic E-state index is 0.0658. The van der Waals surface area contributed by atoms with Gasteiger partial charge >= 0.3 is 0 Å². The molecule has 0 saturated heterocycles. The van der Waals surface area contributed by atoms with E-state index < -0.39 is 11.9 Å². The molecule has 3 N–H and O–H groups in total. The van der Waals surface area contributed by atoms with E-state index in [-0.39, 0.29) is 5.92 Å². The number of rotatable bonds is 5. The summed E-state index contributed by atoms with van der Waals surface area (Å²) in [6.45, 7) is 3.89. The van der Waals surface area contributed by atoms with E-state index in [2.05, 4.69) is 10.3 Å². The molecule has 1 aromatic rings. The number of hydrogen-bond acceptors (Lipinski definition) is 4. The quantitative estimate of drug-likeness (QED) is 0.852. The monoisotopic (exact) mass is 266 g/mol. The van der Waals surface area contributed by atoms with Crippen molar-refractivity contribution < 1.29 is 4.79 Å². The number of hydrogen-bond donors (Lipinski definition) is 2. The number of amides is 1. The van der Waals surface area contributed by atoms with Crippen LogP contribution in [0.4, 0.5) is 5.82 Å². The Balaban J connectivity index is 2.95. The molecule has 1 rings (SSSR count). The summed E-state index contributed by atoms with van der Waals surface area (Å²) in [4.78, 5) is 15.4. The second-order valence-electron chi connectivity index (χ2n) is 4.08. The number of halogens is 1. The molecular weight excluding hydrogens is 252 g/mol. The third-order valence-electron chi connectivity index (χ3n) is 2.78. The number of carbonyl (C=O) groups is 1. The Morgan fingerprint density at radius 3 is 2.83 bits per heavy atom. The van der Waals surface area contributed by atoms with Crippen LogP contribution in [0.5, 0.6) is 0 Å². The normalized spacial score (nSPS) is 13.4. The van der Waals surface area contributed by atoms with Crippen molar-refractivity contribution in [3.8, 4) is 6.07 Å². The zero-order valence-corrected chi connectivity index (χ0v) is 11.0. The maximum atomic E-state index is 11.4. The first-order valence-electron chi connectivity index (χ1n) is 5.61. The summed E-state index contributed by atoms with van der Waals surface area (Å²) >= 11 is 5.98. The van der Waals surface area contributed by atoms with Crippen molar-refractivity contribution >= 4 is 23.3 Å². The molecule has 0 spiro atoms. The molecular formula is C12H15ClN4O. The number of nitriles is 1. The first-order chi connectivity index (χ1) is 8.49. The van der Waals surface area contributed by atoms with Crippen LogP contribution in [0.15, 0.2) is 12.3 Å². The molecule has 1 aromatic heterocycles. The lowest BCUT2D eigenvalue weighted by atomic mass is 9.98. The van der Waals surface area contributed by atoms with Crippen molar-refractivity contribution in [3.63, 3.8) is 0 Å². The van der Waals surface area contributed by atoms with E-state index >= 15 is 0 Å². The van der Waals surface area contributed by atoms with Gasteiger partial charge in [0.25, 0.3) is 0 Å². The number of primary amides is 1. The van der Waals surface area contributed by atoms with Gasteiger partial charge in [-0.3, -0.25) is 4.79 Å². The average molecular weight is 267 g/mol. The summed E-state index contributed by atoms with van der Waals surface area (Å²) in [5.74, 6) is -0.0256. The SMILES string of the molecule is CC[C@H](C)[C@H](Nc1ncc(C#N)cc1Cl)C(N)=O. The highest BCUT2D eigenvalue weighted by atomic mass is 35.5. The van der Waals surface area contributed by atoms with Crippen LogP contribution in [0.3, 0.4) is 0 Å². The van der Waals surface area contributed by atoms with Crippen molar-refractivity contribution in [2.24, 2.45) is 11.7 Å². The van der Waals surface area contributed by atoms with Crippen LogP contribution in [-0.2, 0) is 4.79 Å². The molecule has 6 heteroatoms. The molecule has 0 aliphatic rings. The number of anilines is 1. The van der Waals surface area contributed by atoms with Crippen molar-refractivity contribution in [2.45, 2.75) is 26.3 Å². The second kappa shape index (κ2) is 6.22. The molecule has 1 heterocycles. The summed E-state index contributed by atoms with van der Waals surface area (Å²) < 4.78 is 0. The standard InChI is InChI=1S/C12H15ClN4O/c1-3-7(2)10(11(15)18)17-12-9(13)4-8(5-14)6-16-12/h4,6-7,10H,3H2,1-2H3,(H2,15,18)(H,16,17)/t7-,10-/m0/s1. The molecule has 0 aliphatic carbocycles. The van der Waals surface area contributed by atoms with Gasteiger partial charge < -0.3 is 11.1 Å². The van der Waals surface area contributed by atoms with Gasteiger partial charge in [-0.05, 0) is 12.0 Å². The number of nitrogens with one attached hydrogen (secondary N) is 1. The van der Waals surface area contributed by atoms with Crippen LogP contribution in [-0.4, -0.2) is 16.9 Å². The largest absolute Gasteiger partial charge is 0.368 e. The minimum atomic E-state index is -0.534. The molecule has 0 bridgehead atoms. The molecule has 0 saturated carbocycles. The molecule has 0 aromatic carbocycles. The summed E-state index contributed by atoms with van der Waals surface area (Å²) in [6.07, 6.45) is 2.19. The Morgan fingerprint density at radius 2 is 2.39 bits per heavy atom. The fraction of sp³-hybridized carbons (Fsp3) is 0.417. The lowest BCUT2D eigenvalue weighted by Crippen LogP contribution is -2.40. The van der Waals surface area contributed by atoms with Crippen molar-refractivity contribution in [2.75, 3.05) is 5.32 Å². The van der Waals surface area contributed by atoms with Gasteiger partial charge in [0.05, 0.1) is 10.6 Å². The van der Waals surface area contributed by atoms with E-state index in [0.717, 1.165) is 6.42 Å². The van der Waals surface area contributed by atoms with Gasteiger partial charge in [-0.15, -0.1) is 0 Å². The van der Waals surface area contributed by atoms with Crippen LogP contribution in [0.1, 0.15) is 25.8 Å². The highest BCUT2D eigenvalue weighted by Gasteiger charge is 2.22. The fourth-order valence-electron chi connectivity index (χ4n) is 1.48. The summed E-state index contributed by atoms with van der Waals surface area (Å²) in [6, 6.07) is 2.90. The van der Waals surface area contributed by atoms with Crippen molar-refractivity contribution in [3.05, 3.63) is 22.8 Å². The first-order valence-corrected chi connectivity index (χ1v) is 5.98. The van der Waals surface area contributed by atoms with Crippen molar-refractivity contribution in [1.82, 2.24) is 4.98 Å². The predicted molar refractivity (Wildman–Crippen MR) is 70.0 cm³/mol. The molecule has 1 amide bonds. The topological polar surface area (TPSA) is 91.8 Å². The molecule has 96 valence electrons. The molecule has 0 fully saturated rings. The van der Waals surface area contributed by atoms with Gasteiger partial charge in [0.2, 0.25) is 5.91 Å². The van der Waals surface area contributed by atoms with Crippen LogP contribution in [0.2, 0.25) is 5.02 Å². The Labute approximate surface area is 111 Å². The maximum absolute atomic E-state index is 11.4. The third-order valence-corrected chi connectivity index (χ3v) is 3.07. The van der Waals surface area contributed by atoms with E-state index in [0.29, 0.717) is 16.4 Å². The van der Waals surface area contributed by atoms with E-state index in [4.69, 9.17) is 22.6 Å². The van der Waals surface area contributed by atoms with Crippen LogP contribution in [0.25, 0.3) is 0 Å². The van der Waals surface area contributed by atoms with Gasteiger partial charge in [-0.1, -0.05) is 31.9 Å². The van der Waals surface area contributed by atoms with E-state index in [1.165, 1.54) is 12.3 Å². The first kappa shape index (κ1) is 14.3. The van der Waals surface area contributed by atoms with Crippen LogP contribution >= 0.6 is 11.6 Å². The number of nitrogens with two attached hydrogens (primary N) is 1. The predicted octanol–water partition coefficient (Wildman–Crippen LogP) is 1.92. The van der Waals surface area contributed by atoms with E-state index in [9.17, 15) is 4.79 Å². The molecule has 2 atom stereocenters. The Kier molecular flexibility index (Phi) is 4.93. The van der Waals surface area contributed by atoms with Gasteiger partial charge in [-0.25, -0.2) is 4.98 Å². The van der Waals surface area contributed by atoms with Gasteiger partial charge in [-0.2, -0.15) is 5.26 Å². The van der Waals surface area contributed by atoms with E-state index in [1.807, 2.05) is 19.9 Å². The molecule has 0 radical (unpaired) electrons. The Hall–Kier alpha value is -1.80. The highest BCUT2D eigenvalue weighted by Crippen LogP contribution is 2.22. The van der Waals surface area contributed by atoms with Gasteiger partial charge in [0.1, 0.15) is 17.9 Å². The average Bonchev–Trinajstić information content (AvgIpc) is 2.35. The second-order valence-corrected chi connectivity index (χ2v) is 4.48. The number of aromatic nitrogens is 1. The van der Waals surface area contributed by atoms with Gasteiger partial charge in [0, 0.05) is 6.20 Å². The summed E-state index contributed by atoms with van der Waals surface area (Å²) in [5.41, 5.74) is 5.71. The third kappa shape index (κ3) is 3.34. The number of carbonyl (C=O) groups excluding carboxylic acids is 1. The molecule has 18 heavy (non-hydrogen) atoms. The Bertz CT molecular complexity index is 483. The summed E-state index contributed by atoms with van der Waals surface area (Å²) in [5, 5.41) is 11.9. The number of nitrogens with zero attached hydrogens (tertiary/aromatic N) is 2. The minimum Gasteiger partial charge on any atom is -0.368 e. The zero-order chi connectivity index (χ0) is 13.7. The molecule has 0 unspecified atom stereocenters. The van der Waals surface area contributed by atoms with Crippen LogP contribution < -0.4 is 11.1 Å².